The molecule has 0 fully saturated rings. The molecule has 20 heavy (non-hydrogen) atoms. The molecular weight excluding hydrogens is 334 g/mol. The normalized spacial score (nSPS) is 10.8. The second-order valence-corrected chi connectivity index (χ2v) is 9.98. The van der Waals surface area contributed by atoms with Crippen molar-refractivity contribution in [1.82, 2.24) is 0 Å². The first-order valence-corrected chi connectivity index (χ1v) is 10.6. The first-order valence-electron chi connectivity index (χ1n) is 5.93. The quantitative estimate of drug-likeness (QED) is 0.623. The van der Waals surface area contributed by atoms with Gasteiger partial charge in [0.15, 0.2) is 0 Å². The Hall–Kier alpha value is -0.600. The summed E-state index contributed by atoms with van der Waals surface area (Å²) in [7, 11) is 4.66. The summed E-state index contributed by atoms with van der Waals surface area (Å²) in [6.07, 6.45) is 1.21. The summed E-state index contributed by atoms with van der Waals surface area (Å²) < 4.78 is 18.3. The third-order valence-corrected chi connectivity index (χ3v) is 4.93. The van der Waals surface area contributed by atoms with Crippen LogP contribution in [0.5, 0.6) is 0 Å². The summed E-state index contributed by atoms with van der Waals surface area (Å²) >= 11 is 0. The Morgan fingerprint density at radius 1 is 0.850 bits per heavy atom. The van der Waals surface area contributed by atoms with Gasteiger partial charge >= 0.3 is 8.26 Å². The van der Waals surface area contributed by atoms with Crippen LogP contribution in [0.1, 0.15) is 6.92 Å². The molecule has 2 nitrogen and oxygen atoms in total. The van der Waals surface area contributed by atoms with Gasteiger partial charge in [0.1, 0.15) is 0 Å². The Bertz CT molecular complexity index is 556. The molecule has 0 bridgehead atoms. The topological polar surface area (TPSA) is 34.1 Å². The summed E-state index contributed by atoms with van der Waals surface area (Å²) in [4.78, 5) is 0. The molecule has 2 rings (SSSR count). The highest BCUT2D eigenvalue weighted by atomic mass is 36.0. The highest BCUT2D eigenvalue weighted by molar-refractivity contribution is 8.31. The summed E-state index contributed by atoms with van der Waals surface area (Å²) in [5.41, 5.74) is 0. The maximum Gasteiger partial charge on any atom is 0.317 e. The average Bonchev–Trinajstić information content (AvgIpc) is 2.40. The van der Waals surface area contributed by atoms with E-state index >= 15 is 0 Å². The molecule has 0 atom stereocenters. The molecule has 0 aliphatic heterocycles. The first-order chi connectivity index (χ1) is 9.42. The fraction of sp³-hybridized carbons (Fsp3) is 0.143. The molecule has 2 aromatic carbocycles. The van der Waals surface area contributed by atoms with E-state index in [0.29, 0.717) is 0 Å². The van der Waals surface area contributed by atoms with E-state index in [-0.39, 0.29) is 7.92 Å². The largest absolute Gasteiger partial charge is 0.317 e. The summed E-state index contributed by atoms with van der Waals surface area (Å²) in [5.74, 6) is 0. The van der Waals surface area contributed by atoms with Crippen LogP contribution in [0, 0.1) is 0 Å². The first kappa shape index (κ1) is 17.5. The lowest BCUT2D eigenvalue weighted by molar-refractivity contribution is 0.621. The van der Waals surface area contributed by atoms with Crippen LogP contribution in [-0.2, 0) is 8.26 Å². The molecule has 0 saturated heterocycles. The van der Waals surface area contributed by atoms with Gasteiger partial charge in [-0.3, -0.25) is 0 Å². The van der Waals surface area contributed by atoms with Crippen molar-refractivity contribution < 1.29 is 8.42 Å². The zero-order valence-electron chi connectivity index (χ0n) is 10.9. The van der Waals surface area contributed by atoms with Crippen molar-refractivity contribution in [1.29, 1.82) is 0 Å². The Labute approximate surface area is 130 Å². The zero-order valence-corrected chi connectivity index (χ0v) is 14.1. The Morgan fingerprint density at radius 2 is 1.15 bits per heavy atom. The second-order valence-electron chi connectivity index (χ2n) is 3.79. The molecule has 2 aromatic rings. The summed E-state index contributed by atoms with van der Waals surface area (Å²) in [6.45, 7) is 2.27. The molecule has 0 aromatic heterocycles. The molecule has 0 amide bonds. The lowest BCUT2D eigenvalue weighted by Crippen LogP contribution is -2.12. The molecule has 0 spiro atoms. The van der Waals surface area contributed by atoms with Crippen molar-refractivity contribution in [2.75, 3.05) is 6.16 Å². The van der Waals surface area contributed by atoms with Gasteiger partial charge in [-0.05, 0) is 24.7 Å². The van der Waals surface area contributed by atoms with E-state index in [0.717, 1.165) is 0 Å². The van der Waals surface area contributed by atoms with E-state index in [4.69, 9.17) is 8.42 Å². The van der Waals surface area contributed by atoms with E-state index in [1.165, 1.54) is 16.8 Å². The lowest BCUT2D eigenvalue weighted by atomic mass is 10.4. The molecule has 0 unspecified atom stereocenters. The van der Waals surface area contributed by atoms with E-state index in [1.54, 1.807) is 0 Å². The van der Waals surface area contributed by atoms with Crippen LogP contribution in [0.15, 0.2) is 60.7 Å². The summed E-state index contributed by atoms with van der Waals surface area (Å²) in [6, 6.07) is 21.6. The van der Waals surface area contributed by atoms with Crippen LogP contribution in [0.3, 0.4) is 0 Å². The van der Waals surface area contributed by atoms with Gasteiger partial charge in [-0.2, -0.15) is 8.42 Å². The molecule has 0 saturated carbocycles. The smallest absolute Gasteiger partial charge is 0.195 e. The van der Waals surface area contributed by atoms with Crippen molar-refractivity contribution >= 4 is 48.2 Å². The van der Waals surface area contributed by atoms with Crippen LogP contribution < -0.4 is 10.6 Å². The SMILES string of the molecule is CCP(c1ccccc1)c1ccccc1.O=S(=O)(Cl)Cl. The fourth-order valence-corrected chi connectivity index (χ4v) is 3.82. The van der Waals surface area contributed by atoms with Gasteiger partial charge in [-0.25, -0.2) is 0 Å². The lowest BCUT2D eigenvalue weighted by Gasteiger charge is -2.16. The van der Waals surface area contributed by atoms with Crippen molar-refractivity contribution in [3.8, 4) is 0 Å². The van der Waals surface area contributed by atoms with E-state index in [1.807, 2.05) is 0 Å². The van der Waals surface area contributed by atoms with Crippen molar-refractivity contribution in [2.45, 2.75) is 6.92 Å². The highest BCUT2D eigenvalue weighted by Gasteiger charge is 2.09. The van der Waals surface area contributed by atoms with Gasteiger partial charge in [0.2, 0.25) is 0 Å². The number of hydrogen-bond donors (Lipinski definition) is 0. The molecule has 0 radical (unpaired) electrons. The van der Waals surface area contributed by atoms with E-state index < -0.39 is 8.26 Å². The van der Waals surface area contributed by atoms with Crippen LogP contribution in [0.2, 0.25) is 0 Å². The van der Waals surface area contributed by atoms with Crippen LogP contribution in [0.25, 0.3) is 0 Å². The second kappa shape index (κ2) is 8.63. The minimum atomic E-state index is -3.72. The maximum absolute atomic E-state index is 9.16. The monoisotopic (exact) mass is 348 g/mol. The number of hydrogen-bond acceptors (Lipinski definition) is 2. The zero-order chi connectivity index (χ0) is 15.0. The van der Waals surface area contributed by atoms with Gasteiger partial charge in [0.25, 0.3) is 0 Å². The van der Waals surface area contributed by atoms with Crippen molar-refractivity contribution in [3.05, 3.63) is 60.7 Å². The Kier molecular flexibility index (Phi) is 7.53. The van der Waals surface area contributed by atoms with Crippen LogP contribution in [-0.4, -0.2) is 14.6 Å². The van der Waals surface area contributed by atoms with Crippen molar-refractivity contribution in [2.24, 2.45) is 0 Å². The predicted molar refractivity (Wildman–Crippen MR) is 90.2 cm³/mol. The van der Waals surface area contributed by atoms with Crippen LogP contribution >= 0.6 is 29.3 Å². The number of rotatable bonds is 3. The van der Waals surface area contributed by atoms with Gasteiger partial charge < -0.3 is 0 Å². The predicted octanol–water partition coefficient (Wildman–Crippen LogP) is 3.85. The standard InChI is InChI=1S/C14H15P.Cl2O2S/c1-2-15(13-9-5-3-6-10-13)14-11-7-4-8-12-14;1-5(2,3)4/h3-12H,2H2,1H3;. The Morgan fingerprint density at radius 3 is 1.40 bits per heavy atom. The molecular formula is C14H15Cl2O2PS. The van der Waals surface area contributed by atoms with E-state index in [2.05, 4.69) is 89.0 Å². The molecule has 6 heteroatoms. The average molecular weight is 349 g/mol. The van der Waals surface area contributed by atoms with Gasteiger partial charge in [-0.15, -0.1) is 0 Å². The van der Waals surface area contributed by atoms with Crippen molar-refractivity contribution in [3.63, 3.8) is 0 Å². The number of halogens is 2. The maximum atomic E-state index is 9.16. The Balaban J connectivity index is 0.000000347. The molecule has 0 aliphatic carbocycles. The highest BCUT2D eigenvalue weighted by Crippen LogP contribution is 2.32. The third kappa shape index (κ3) is 7.25. The van der Waals surface area contributed by atoms with Gasteiger partial charge in [0.05, 0.1) is 0 Å². The van der Waals surface area contributed by atoms with E-state index in [9.17, 15) is 0 Å². The third-order valence-electron chi connectivity index (χ3n) is 2.45. The molecule has 0 heterocycles. The fourth-order valence-electron chi connectivity index (χ4n) is 1.73. The summed E-state index contributed by atoms with van der Waals surface area (Å²) in [5, 5.41) is 2.95. The molecule has 108 valence electrons. The molecule has 0 N–H and O–H groups in total. The number of benzene rings is 2. The minimum absolute atomic E-state index is 0.149. The van der Waals surface area contributed by atoms with Crippen LogP contribution in [0.4, 0.5) is 0 Å². The van der Waals surface area contributed by atoms with Gasteiger partial charge in [-0.1, -0.05) is 67.6 Å². The molecule has 0 aliphatic rings. The minimum Gasteiger partial charge on any atom is -0.195 e. The van der Waals surface area contributed by atoms with Gasteiger partial charge in [0, 0.05) is 21.4 Å².